The third kappa shape index (κ3) is 5.36. The lowest BCUT2D eigenvalue weighted by Gasteiger charge is -2.38. The number of carbonyl (C=O) groups is 2. The van der Waals surface area contributed by atoms with Crippen LogP contribution in [0.3, 0.4) is 0 Å². The van der Waals surface area contributed by atoms with Crippen LogP contribution in [-0.4, -0.2) is 42.3 Å². The number of ether oxygens (including phenoxy) is 2. The van der Waals surface area contributed by atoms with Crippen molar-refractivity contribution >= 4 is 23.7 Å². The number of amides is 1. The Morgan fingerprint density at radius 1 is 1.24 bits per heavy atom. The second kappa shape index (κ2) is 8.09. The van der Waals surface area contributed by atoms with E-state index in [1.165, 1.54) is 0 Å². The number of nitrogens with zero attached hydrogens (tertiary/aromatic N) is 1. The van der Waals surface area contributed by atoms with Crippen LogP contribution < -0.4 is 0 Å². The maximum Gasteiger partial charge on any atom is 0.410 e. The summed E-state index contributed by atoms with van der Waals surface area (Å²) in [6.07, 6.45) is 0.279. The van der Waals surface area contributed by atoms with Crippen LogP contribution in [0.5, 0.6) is 0 Å². The molecule has 0 radical (unpaired) electrons. The Hall–Kier alpha value is -1.75. The Morgan fingerprint density at radius 3 is 2.44 bits per heavy atom. The summed E-state index contributed by atoms with van der Waals surface area (Å²) in [5, 5.41) is 0.655. The number of rotatable bonds is 3. The third-order valence-electron chi connectivity index (χ3n) is 4.15. The molecule has 138 valence electrons. The summed E-state index contributed by atoms with van der Waals surface area (Å²) in [5.41, 5.74) is 0.468. The van der Waals surface area contributed by atoms with Gasteiger partial charge in [-0.25, -0.2) is 4.79 Å². The SMILES string of the molecule is CCOC(=O)[C@@H]1CN(C(=O)OC(C)(C)C)CC[C@H]1c1ccc(Cl)cc1. The van der Waals surface area contributed by atoms with Gasteiger partial charge in [0.05, 0.1) is 12.5 Å². The van der Waals surface area contributed by atoms with Crippen molar-refractivity contribution in [2.24, 2.45) is 5.92 Å². The van der Waals surface area contributed by atoms with Crippen LogP contribution in [-0.2, 0) is 14.3 Å². The first-order valence-corrected chi connectivity index (χ1v) is 8.99. The molecule has 2 rings (SSSR count). The minimum atomic E-state index is -0.566. The molecule has 1 saturated heterocycles. The Labute approximate surface area is 154 Å². The maximum atomic E-state index is 12.5. The van der Waals surface area contributed by atoms with Crippen LogP contribution in [0.2, 0.25) is 5.02 Å². The molecule has 6 heteroatoms. The van der Waals surface area contributed by atoms with E-state index in [2.05, 4.69) is 0 Å². The predicted molar refractivity (Wildman–Crippen MR) is 96.7 cm³/mol. The number of esters is 1. The van der Waals surface area contributed by atoms with Crippen molar-refractivity contribution < 1.29 is 19.1 Å². The number of carbonyl (C=O) groups excluding carboxylic acids is 2. The van der Waals surface area contributed by atoms with E-state index in [1.54, 1.807) is 11.8 Å². The van der Waals surface area contributed by atoms with Crippen LogP contribution >= 0.6 is 11.6 Å². The summed E-state index contributed by atoms with van der Waals surface area (Å²) in [4.78, 5) is 26.4. The minimum Gasteiger partial charge on any atom is -0.466 e. The first-order valence-electron chi connectivity index (χ1n) is 8.61. The highest BCUT2D eigenvalue weighted by atomic mass is 35.5. The fraction of sp³-hybridized carbons (Fsp3) is 0.579. The molecule has 1 aliphatic heterocycles. The van der Waals surface area contributed by atoms with Crippen LogP contribution in [0, 0.1) is 5.92 Å². The maximum absolute atomic E-state index is 12.5. The standard InChI is InChI=1S/C19H26ClNO4/c1-5-24-17(22)16-12-21(18(23)25-19(2,3)4)11-10-15(16)13-6-8-14(20)9-7-13/h6-9,15-16H,5,10-12H2,1-4H3/t15-,16+/m0/s1. The lowest BCUT2D eigenvalue weighted by Crippen LogP contribution is -2.47. The largest absolute Gasteiger partial charge is 0.466 e. The molecule has 25 heavy (non-hydrogen) atoms. The summed E-state index contributed by atoms with van der Waals surface area (Å²) in [6.45, 7) is 8.41. The summed E-state index contributed by atoms with van der Waals surface area (Å²) >= 11 is 5.96. The van der Waals surface area contributed by atoms with Gasteiger partial charge in [-0.1, -0.05) is 23.7 Å². The van der Waals surface area contributed by atoms with Gasteiger partial charge in [-0.15, -0.1) is 0 Å². The van der Waals surface area contributed by atoms with Crippen molar-refractivity contribution in [1.82, 2.24) is 4.90 Å². The normalized spacial score (nSPS) is 20.9. The van der Waals surface area contributed by atoms with E-state index in [-0.39, 0.29) is 11.9 Å². The molecule has 0 N–H and O–H groups in total. The second-order valence-corrected chi connectivity index (χ2v) is 7.67. The Balaban J connectivity index is 2.18. The van der Waals surface area contributed by atoms with E-state index >= 15 is 0 Å². The average molecular weight is 368 g/mol. The predicted octanol–water partition coefficient (Wildman–Crippen LogP) is 4.24. The van der Waals surface area contributed by atoms with Gasteiger partial charge in [0.25, 0.3) is 0 Å². The van der Waals surface area contributed by atoms with Crippen molar-refractivity contribution in [3.05, 3.63) is 34.9 Å². The van der Waals surface area contributed by atoms with Crippen molar-refractivity contribution in [3.8, 4) is 0 Å². The van der Waals surface area contributed by atoms with Gasteiger partial charge in [-0.2, -0.15) is 0 Å². The van der Waals surface area contributed by atoms with Crippen LogP contribution in [0.15, 0.2) is 24.3 Å². The molecule has 1 fully saturated rings. The van der Waals surface area contributed by atoms with Gasteiger partial charge >= 0.3 is 12.1 Å². The molecule has 1 aliphatic rings. The first kappa shape index (κ1) is 19.6. The zero-order chi connectivity index (χ0) is 18.6. The molecule has 0 aliphatic carbocycles. The van der Waals surface area contributed by atoms with E-state index in [4.69, 9.17) is 21.1 Å². The van der Waals surface area contributed by atoms with Crippen LogP contribution in [0.4, 0.5) is 4.79 Å². The van der Waals surface area contributed by atoms with Gasteiger partial charge in [0.15, 0.2) is 0 Å². The van der Waals surface area contributed by atoms with Crippen molar-refractivity contribution in [3.63, 3.8) is 0 Å². The summed E-state index contributed by atoms with van der Waals surface area (Å²) in [5.74, 6) is -0.701. The quantitative estimate of drug-likeness (QED) is 0.749. The number of benzene rings is 1. The Kier molecular flexibility index (Phi) is 6.33. The number of halogens is 1. The highest BCUT2D eigenvalue weighted by molar-refractivity contribution is 6.30. The van der Waals surface area contributed by atoms with Gasteiger partial charge in [-0.05, 0) is 51.8 Å². The van der Waals surface area contributed by atoms with Crippen LogP contribution in [0.1, 0.15) is 45.6 Å². The lowest BCUT2D eigenvalue weighted by molar-refractivity contribution is -0.150. The zero-order valence-corrected chi connectivity index (χ0v) is 16.0. The molecule has 5 nitrogen and oxygen atoms in total. The van der Waals surface area contributed by atoms with E-state index < -0.39 is 17.6 Å². The van der Waals surface area contributed by atoms with Crippen molar-refractivity contribution in [2.45, 2.75) is 45.6 Å². The Morgan fingerprint density at radius 2 is 1.88 bits per heavy atom. The molecule has 0 aromatic heterocycles. The van der Waals surface area contributed by atoms with Gasteiger partial charge in [0.1, 0.15) is 5.60 Å². The third-order valence-corrected chi connectivity index (χ3v) is 4.40. The summed E-state index contributed by atoms with van der Waals surface area (Å²) in [7, 11) is 0. The van der Waals surface area contributed by atoms with E-state index in [0.717, 1.165) is 5.56 Å². The summed E-state index contributed by atoms with van der Waals surface area (Å²) < 4.78 is 10.7. The topological polar surface area (TPSA) is 55.8 Å². The van der Waals surface area contributed by atoms with Crippen molar-refractivity contribution in [1.29, 1.82) is 0 Å². The molecule has 1 heterocycles. The highest BCUT2D eigenvalue weighted by Gasteiger charge is 2.39. The molecule has 0 bridgehead atoms. The smallest absolute Gasteiger partial charge is 0.410 e. The van der Waals surface area contributed by atoms with Crippen LogP contribution in [0.25, 0.3) is 0 Å². The molecule has 2 atom stereocenters. The van der Waals surface area contributed by atoms with Gasteiger partial charge in [0.2, 0.25) is 0 Å². The minimum absolute atomic E-state index is 0.00463. The lowest BCUT2D eigenvalue weighted by atomic mass is 9.80. The molecule has 1 aromatic carbocycles. The molecule has 0 unspecified atom stereocenters. The van der Waals surface area contributed by atoms with E-state index in [1.807, 2.05) is 45.0 Å². The number of piperidine rings is 1. The average Bonchev–Trinajstić information content (AvgIpc) is 2.54. The van der Waals surface area contributed by atoms with E-state index in [9.17, 15) is 9.59 Å². The second-order valence-electron chi connectivity index (χ2n) is 7.23. The number of likely N-dealkylation sites (tertiary alicyclic amines) is 1. The number of hydrogen-bond donors (Lipinski definition) is 0. The highest BCUT2D eigenvalue weighted by Crippen LogP contribution is 2.35. The summed E-state index contributed by atoms with van der Waals surface area (Å²) in [6, 6.07) is 7.50. The monoisotopic (exact) mass is 367 g/mol. The van der Waals surface area contributed by atoms with Gasteiger partial charge in [-0.3, -0.25) is 4.79 Å². The fourth-order valence-corrected chi connectivity index (χ4v) is 3.17. The zero-order valence-electron chi connectivity index (χ0n) is 15.3. The van der Waals surface area contributed by atoms with Gasteiger partial charge < -0.3 is 14.4 Å². The Bertz CT molecular complexity index is 609. The van der Waals surface area contributed by atoms with Gasteiger partial charge in [0, 0.05) is 24.0 Å². The molecular weight excluding hydrogens is 342 g/mol. The van der Waals surface area contributed by atoms with Crippen molar-refractivity contribution in [2.75, 3.05) is 19.7 Å². The first-order chi connectivity index (χ1) is 11.7. The molecule has 0 saturated carbocycles. The molecular formula is C19H26ClNO4. The molecule has 1 amide bonds. The number of hydrogen-bond acceptors (Lipinski definition) is 4. The fourth-order valence-electron chi connectivity index (χ4n) is 3.04. The van der Waals surface area contributed by atoms with E-state index in [0.29, 0.717) is 31.1 Å². The molecule has 0 spiro atoms. The molecule has 1 aromatic rings.